The first kappa shape index (κ1) is 11.8. The first-order valence-electron chi connectivity index (χ1n) is 2.97. The van der Waals surface area contributed by atoms with Gasteiger partial charge in [-0.25, -0.2) is 5.48 Å². The van der Waals surface area contributed by atoms with Crippen molar-refractivity contribution in [2.24, 2.45) is 5.73 Å². The van der Waals surface area contributed by atoms with Gasteiger partial charge in [-0.15, -0.1) is 0 Å². The zero-order chi connectivity index (χ0) is 10.6. The highest BCUT2D eigenvalue weighted by atomic mass is 32.2. The lowest BCUT2D eigenvalue weighted by Gasteiger charge is -2.08. The van der Waals surface area contributed by atoms with Crippen LogP contribution in [0.25, 0.3) is 0 Å². The normalized spacial score (nSPS) is 13.4. The monoisotopic (exact) mass is 212 g/mol. The summed E-state index contributed by atoms with van der Waals surface area (Å²) in [5.74, 6) is -2.51. The van der Waals surface area contributed by atoms with Gasteiger partial charge in [0, 0.05) is 0 Å². The van der Waals surface area contributed by atoms with Crippen molar-refractivity contribution < 1.29 is 27.8 Å². The third-order valence-electron chi connectivity index (χ3n) is 1.15. The highest BCUT2D eigenvalue weighted by Crippen LogP contribution is 2.03. The van der Waals surface area contributed by atoms with E-state index in [0.717, 1.165) is 5.48 Å². The van der Waals surface area contributed by atoms with Crippen LogP contribution in [0.3, 0.4) is 0 Å². The van der Waals surface area contributed by atoms with Gasteiger partial charge in [0.1, 0.15) is 0 Å². The fourth-order valence-corrected chi connectivity index (χ4v) is 1.29. The van der Waals surface area contributed by atoms with Gasteiger partial charge in [0.25, 0.3) is 16.0 Å². The van der Waals surface area contributed by atoms with Crippen LogP contribution < -0.4 is 11.2 Å². The maximum atomic E-state index is 10.6. The molecule has 0 bridgehead atoms. The maximum Gasteiger partial charge on any atom is 0.277 e. The van der Waals surface area contributed by atoms with Crippen molar-refractivity contribution in [2.45, 2.75) is 11.7 Å². The molecule has 0 fully saturated rings. The number of amides is 2. The molecule has 0 aliphatic rings. The van der Waals surface area contributed by atoms with E-state index in [2.05, 4.69) is 5.73 Å². The minimum absolute atomic E-state index is 0.898. The van der Waals surface area contributed by atoms with E-state index >= 15 is 0 Å². The Morgan fingerprint density at radius 2 is 1.92 bits per heavy atom. The number of hydrogen-bond acceptors (Lipinski definition) is 5. The quantitative estimate of drug-likeness (QED) is 0.232. The van der Waals surface area contributed by atoms with Crippen molar-refractivity contribution in [3.63, 3.8) is 0 Å². The third-order valence-corrected chi connectivity index (χ3v) is 2.25. The number of carbonyl (C=O) groups excluding carboxylic acids is 2. The average Bonchev–Trinajstić information content (AvgIpc) is 1.96. The second-order valence-electron chi connectivity index (χ2n) is 2.15. The average molecular weight is 212 g/mol. The Bertz CT molecular complexity index is 309. The molecule has 0 aliphatic carbocycles. The van der Waals surface area contributed by atoms with Gasteiger partial charge in [0.15, 0.2) is 5.25 Å². The van der Waals surface area contributed by atoms with Gasteiger partial charge in [-0.2, -0.15) is 8.42 Å². The molecule has 9 heteroatoms. The van der Waals surface area contributed by atoms with Crippen LogP contribution in [0.2, 0.25) is 0 Å². The van der Waals surface area contributed by atoms with Crippen molar-refractivity contribution in [1.82, 2.24) is 5.48 Å². The Labute approximate surface area is 73.4 Å². The molecule has 0 radical (unpaired) electrons. The van der Waals surface area contributed by atoms with Crippen LogP contribution in [-0.4, -0.2) is 35.2 Å². The molecule has 0 heterocycles. The minimum atomic E-state index is -4.74. The summed E-state index contributed by atoms with van der Waals surface area (Å²) in [6.45, 7) is 0. The molecule has 0 rings (SSSR count). The van der Waals surface area contributed by atoms with Crippen LogP contribution in [0.4, 0.5) is 0 Å². The molecule has 0 aromatic carbocycles. The molecule has 13 heavy (non-hydrogen) atoms. The largest absolute Gasteiger partial charge is 0.370 e. The van der Waals surface area contributed by atoms with Crippen LogP contribution in [0.1, 0.15) is 6.42 Å². The van der Waals surface area contributed by atoms with Crippen molar-refractivity contribution in [2.75, 3.05) is 0 Å². The molecule has 8 nitrogen and oxygen atoms in total. The second kappa shape index (κ2) is 4.16. The van der Waals surface area contributed by atoms with Crippen LogP contribution in [0, 0.1) is 0 Å². The molecule has 0 aliphatic heterocycles. The van der Waals surface area contributed by atoms with Gasteiger partial charge >= 0.3 is 0 Å². The van der Waals surface area contributed by atoms with Gasteiger partial charge in [0.2, 0.25) is 5.91 Å². The third kappa shape index (κ3) is 3.83. The van der Waals surface area contributed by atoms with Crippen LogP contribution in [-0.2, 0) is 19.7 Å². The maximum absolute atomic E-state index is 10.6. The van der Waals surface area contributed by atoms with Gasteiger partial charge in [0.05, 0.1) is 6.42 Å². The van der Waals surface area contributed by atoms with E-state index < -0.39 is 33.6 Å². The topological polar surface area (TPSA) is 147 Å². The van der Waals surface area contributed by atoms with Crippen molar-refractivity contribution in [3.8, 4) is 0 Å². The summed E-state index contributed by atoms with van der Waals surface area (Å²) in [6, 6.07) is 0. The number of nitrogens with two attached hydrogens (primary N) is 1. The lowest BCUT2D eigenvalue weighted by molar-refractivity contribution is -0.130. The number of primary amides is 1. The highest BCUT2D eigenvalue weighted by Gasteiger charge is 2.32. The number of rotatable bonds is 4. The Balaban J connectivity index is 4.77. The number of carbonyl (C=O) groups is 2. The summed E-state index contributed by atoms with van der Waals surface area (Å²) < 4.78 is 29.3. The molecule has 1 atom stereocenters. The summed E-state index contributed by atoms with van der Waals surface area (Å²) in [5, 5.41) is 5.98. The summed E-state index contributed by atoms with van der Waals surface area (Å²) in [4.78, 5) is 20.8. The molecule has 2 amide bonds. The Morgan fingerprint density at radius 1 is 1.46 bits per heavy atom. The Kier molecular flexibility index (Phi) is 3.78. The zero-order valence-corrected chi connectivity index (χ0v) is 7.11. The van der Waals surface area contributed by atoms with Gasteiger partial charge in [-0.1, -0.05) is 0 Å². The molecule has 1 unspecified atom stereocenters. The molecular formula is C4H8N2O6S. The molecular weight excluding hydrogens is 204 g/mol. The van der Waals surface area contributed by atoms with E-state index in [1.54, 1.807) is 0 Å². The van der Waals surface area contributed by atoms with E-state index in [4.69, 9.17) is 9.76 Å². The molecule has 0 aromatic rings. The molecule has 0 aromatic heterocycles. The fourth-order valence-electron chi connectivity index (χ4n) is 0.588. The molecule has 0 saturated carbocycles. The van der Waals surface area contributed by atoms with Crippen LogP contribution in [0.15, 0.2) is 0 Å². The number of nitrogens with one attached hydrogen (secondary N) is 1. The van der Waals surface area contributed by atoms with Crippen LogP contribution in [0.5, 0.6) is 0 Å². The number of hydroxylamine groups is 1. The fraction of sp³-hybridized carbons (Fsp3) is 0.500. The van der Waals surface area contributed by atoms with E-state index in [0.29, 0.717) is 0 Å². The summed E-state index contributed by atoms with van der Waals surface area (Å²) in [7, 11) is -4.74. The summed E-state index contributed by atoms with van der Waals surface area (Å²) in [5.41, 5.74) is 5.60. The smallest absolute Gasteiger partial charge is 0.277 e. The van der Waals surface area contributed by atoms with E-state index in [-0.39, 0.29) is 0 Å². The van der Waals surface area contributed by atoms with Crippen molar-refractivity contribution >= 4 is 21.9 Å². The summed E-state index contributed by atoms with van der Waals surface area (Å²) >= 11 is 0. The highest BCUT2D eigenvalue weighted by molar-refractivity contribution is 7.87. The first-order chi connectivity index (χ1) is 5.79. The first-order valence-corrected chi connectivity index (χ1v) is 4.48. The predicted octanol–water partition coefficient (Wildman–Crippen LogP) is -2.38. The Hall–Kier alpha value is -1.19. The predicted molar refractivity (Wildman–Crippen MR) is 39.1 cm³/mol. The van der Waals surface area contributed by atoms with Gasteiger partial charge in [-0.3, -0.25) is 19.3 Å². The molecule has 0 saturated heterocycles. The molecule has 0 spiro atoms. The van der Waals surface area contributed by atoms with Crippen LogP contribution >= 0.6 is 0 Å². The van der Waals surface area contributed by atoms with Gasteiger partial charge in [-0.05, 0) is 0 Å². The lowest BCUT2D eigenvalue weighted by Crippen LogP contribution is -2.40. The van der Waals surface area contributed by atoms with Gasteiger partial charge < -0.3 is 5.73 Å². The Morgan fingerprint density at radius 3 is 2.15 bits per heavy atom. The van der Waals surface area contributed by atoms with Crippen molar-refractivity contribution in [1.29, 1.82) is 0 Å². The standard InChI is InChI=1S/C4H8N2O6S/c5-3(7)1-2(4(8)6-9)13(10,11)12/h2,9H,1H2,(H2,5,7)(H,6,8)(H,10,11,12). The number of hydrogen-bond donors (Lipinski definition) is 4. The van der Waals surface area contributed by atoms with Crippen molar-refractivity contribution in [3.05, 3.63) is 0 Å². The molecule has 76 valence electrons. The molecule has 5 N–H and O–H groups in total. The zero-order valence-electron chi connectivity index (χ0n) is 6.30. The lowest BCUT2D eigenvalue weighted by atomic mass is 10.3. The van der Waals surface area contributed by atoms with E-state index in [1.807, 2.05) is 0 Å². The SMILES string of the molecule is NC(=O)CC(C(=O)NO)S(=O)(=O)O. The minimum Gasteiger partial charge on any atom is -0.370 e. The van der Waals surface area contributed by atoms with E-state index in [9.17, 15) is 18.0 Å². The second-order valence-corrected chi connectivity index (χ2v) is 3.75. The summed E-state index contributed by atoms with van der Waals surface area (Å²) in [6.07, 6.45) is -0.898. The van der Waals surface area contributed by atoms with E-state index in [1.165, 1.54) is 0 Å².